The minimum Gasteiger partial charge on any atom is -0.422 e. The molecule has 0 spiro atoms. The van der Waals surface area contributed by atoms with Crippen LogP contribution >= 0.6 is 11.6 Å². The van der Waals surface area contributed by atoms with Crippen molar-refractivity contribution in [2.75, 3.05) is 11.9 Å². The Hall–Kier alpha value is -3.12. The third kappa shape index (κ3) is 3.19. The van der Waals surface area contributed by atoms with Crippen molar-refractivity contribution in [3.63, 3.8) is 0 Å². The van der Waals surface area contributed by atoms with Crippen molar-refractivity contribution in [2.24, 2.45) is 0 Å². The van der Waals surface area contributed by atoms with E-state index in [-0.39, 0.29) is 11.0 Å². The smallest absolute Gasteiger partial charge is 0.327 e. The van der Waals surface area contributed by atoms with Crippen LogP contribution in [0.1, 0.15) is 5.56 Å². The fourth-order valence-electron chi connectivity index (χ4n) is 2.63. The number of para-hydroxylation sites is 2. The first-order chi connectivity index (χ1) is 12.7. The molecule has 2 heterocycles. The number of anilines is 1. The van der Waals surface area contributed by atoms with Gasteiger partial charge in [0, 0.05) is 6.54 Å². The summed E-state index contributed by atoms with van der Waals surface area (Å²) in [6.45, 7) is 0.637. The van der Waals surface area contributed by atoms with Crippen molar-refractivity contribution in [3.8, 4) is 6.01 Å². The van der Waals surface area contributed by atoms with E-state index in [4.69, 9.17) is 16.0 Å². The molecule has 0 radical (unpaired) electrons. The van der Waals surface area contributed by atoms with E-state index in [0.717, 1.165) is 11.1 Å². The van der Waals surface area contributed by atoms with Crippen LogP contribution in [-0.4, -0.2) is 21.3 Å². The lowest BCUT2D eigenvalue weighted by atomic mass is 10.1. The number of rotatable bonds is 5. The molecule has 2 aromatic carbocycles. The molecule has 0 aliphatic rings. The van der Waals surface area contributed by atoms with E-state index in [1.54, 1.807) is 12.1 Å². The predicted octanol–water partition coefficient (Wildman–Crippen LogP) is 3.68. The van der Waals surface area contributed by atoms with E-state index in [9.17, 15) is 4.79 Å². The van der Waals surface area contributed by atoms with Crippen molar-refractivity contribution >= 4 is 28.4 Å². The van der Waals surface area contributed by atoms with Gasteiger partial charge in [-0.3, -0.25) is 4.79 Å². The summed E-state index contributed by atoms with van der Waals surface area (Å²) in [6, 6.07) is 17.4. The molecule has 0 bridgehead atoms. The Bertz CT molecular complexity index is 1070. The Morgan fingerprint density at radius 3 is 2.65 bits per heavy atom. The topological polar surface area (TPSA) is 73.0 Å². The second kappa shape index (κ2) is 7.01. The van der Waals surface area contributed by atoms with Gasteiger partial charge in [0.15, 0.2) is 5.58 Å². The first kappa shape index (κ1) is 16.4. The van der Waals surface area contributed by atoms with Gasteiger partial charge in [0.25, 0.3) is 5.56 Å². The van der Waals surface area contributed by atoms with Gasteiger partial charge in [0.05, 0.1) is 11.9 Å². The Balaban J connectivity index is 1.56. The van der Waals surface area contributed by atoms with Gasteiger partial charge in [-0.2, -0.15) is 10.1 Å². The number of aromatic nitrogens is 3. The summed E-state index contributed by atoms with van der Waals surface area (Å²) in [6.07, 6.45) is 2.31. The van der Waals surface area contributed by atoms with Crippen molar-refractivity contribution in [1.82, 2.24) is 14.8 Å². The molecule has 4 rings (SSSR count). The average Bonchev–Trinajstić information content (AvgIpc) is 3.10. The standard InChI is InChI=1S/C19H15ClN4O2/c20-17-15(21-11-10-13-6-2-1-3-7-13)12-22-24(18(17)25)19-23-14-8-4-5-9-16(14)26-19/h1-9,12,21H,10-11H2. The number of hydrogen-bond acceptors (Lipinski definition) is 5. The van der Waals surface area contributed by atoms with Gasteiger partial charge in [-0.25, -0.2) is 0 Å². The van der Waals surface area contributed by atoms with E-state index >= 15 is 0 Å². The Morgan fingerprint density at radius 1 is 1.08 bits per heavy atom. The van der Waals surface area contributed by atoms with Crippen LogP contribution < -0.4 is 10.9 Å². The molecule has 0 amide bonds. The van der Waals surface area contributed by atoms with Crippen LogP contribution in [0.5, 0.6) is 0 Å². The van der Waals surface area contributed by atoms with Crippen molar-refractivity contribution in [3.05, 3.63) is 81.7 Å². The summed E-state index contributed by atoms with van der Waals surface area (Å²) in [7, 11) is 0. The molecule has 130 valence electrons. The molecule has 0 unspecified atom stereocenters. The lowest BCUT2D eigenvalue weighted by molar-refractivity contribution is 0.531. The largest absolute Gasteiger partial charge is 0.422 e. The van der Waals surface area contributed by atoms with Gasteiger partial charge in [-0.15, -0.1) is 4.68 Å². The van der Waals surface area contributed by atoms with Gasteiger partial charge in [0.1, 0.15) is 10.5 Å². The van der Waals surface area contributed by atoms with Gasteiger partial charge in [-0.05, 0) is 24.1 Å². The zero-order valence-corrected chi connectivity index (χ0v) is 14.5. The van der Waals surface area contributed by atoms with Crippen molar-refractivity contribution in [2.45, 2.75) is 6.42 Å². The zero-order valence-electron chi connectivity index (χ0n) is 13.7. The molecule has 0 atom stereocenters. The number of benzene rings is 2. The highest BCUT2D eigenvalue weighted by Crippen LogP contribution is 2.19. The fourth-order valence-corrected chi connectivity index (χ4v) is 2.82. The molecule has 1 N–H and O–H groups in total. The number of nitrogens with zero attached hydrogens (tertiary/aromatic N) is 3. The van der Waals surface area contributed by atoms with E-state index in [1.807, 2.05) is 42.5 Å². The molecule has 7 heteroatoms. The van der Waals surface area contributed by atoms with E-state index in [0.29, 0.717) is 23.3 Å². The summed E-state index contributed by atoms with van der Waals surface area (Å²) in [5.41, 5.74) is 2.43. The van der Waals surface area contributed by atoms with E-state index in [1.165, 1.54) is 11.8 Å². The Morgan fingerprint density at radius 2 is 1.85 bits per heavy atom. The van der Waals surface area contributed by atoms with E-state index in [2.05, 4.69) is 15.4 Å². The lowest BCUT2D eigenvalue weighted by Gasteiger charge is -2.08. The molecule has 6 nitrogen and oxygen atoms in total. The summed E-state index contributed by atoms with van der Waals surface area (Å²) in [4.78, 5) is 16.8. The number of halogens is 1. The number of hydrogen-bond donors (Lipinski definition) is 1. The molecule has 0 aliphatic carbocycles. The van der Waals surface area contributed by atoms with Gasteiger partial charge < -0.3 is 9.73 Å². The summed E-state index contributed by atoms with van der Waals surface area (Å²) in [5, 5.41) is 7.33. The maximum atomic E-state index is 12.5. The van der Waals surface area contributed by atoms with Gasteiger partial charge in [-0.1, -0.05) is 54.1 Å². The SMILES string of the molecule is O=c1c(Cl)c(NCCc2ccccc2)cnn1-c1nc2ccccc2o1. The second-order valence-corrected chi connectivity index (χ2v) is 6.09. The summed E-state index contributed by atoms with van der Waals surface area (Å²) < 4.78 is 6.64. The van der Waals surface area contributed by atoms with Gasteiger partial charge >= 0.3 is 6.01 Å². The monoisotopic (exact) mass is 366 g/mol. The number of oxazole rings is 1. The third-order valence-electron chi connectivity index (χ3n) is 3.95. The highest BCUT2D eigenvalue weighted by Gasteiger charge is 2.15. The van der Waals surface area contributed by atoms with Crippen LogP contribution in [0.25, 0.3) is 17.1 Å². The maximum Gasteiger partial charge on any atom is 0.327 e. The molecule has 4 aromatic rings. The van der Waals surface area contributed by atoms with Crippen LogP contribution in [-0.2, 0) is 6.42 Å². The number of fused-ring (bicyclic) bond motifs is 1. The quantitative estimate of drug-likeness (QED) is 0.583. The Kier molecular flexibility index (Phi) is 4.41. The molecule has 0 saturated carbocycles. The minimum absolute atomic E-state index is 0.0512. The van der Waals surface area contributed by atoms with E-state index < -0.39 is 5.56 Å². The van der Waals surface area contributed by atoms with Crippen LogP contribution in [0, 0.1) is 0 Å². The molecule has 0 fully saturated rings. The molecule has 0 saturated heterocycles. The first-order valence-corrected chi connectivity index (χ1v) is 8.52. The predicted molar refractivity (Wildman–Crippen MR) is 101 cm³/mol. The average molecular weight is 367 g/mol. The molecular formula is C19H15ClN4O2. The maximum absolute atomic E-state index is 12.5. The lowest BCUT2D eigenvalue weighted by Crippen LogP contribution is -2.23. The molecular weight excluding hydrogens is 352 g/mol. The summed E-state index contributed by atoms with van der Waals surface area (Å²) >= 11 is 6.22. The molecule has 2 aromatic heterocycles. The van der Waals surface area contributed by atoms with Crippen LogP contribution in [0.4, 0.5) is 5.69 Å². The van der Waals surface area contributed by atoms with Crippen LogP contribution in [0.15, 0.2) is 70.0 Å². The zero-order chi connectivity index (χ0) is 17.9. The van der Waals surface area contributed by atoms with Crippen LogP contribution in [0.3, 0.4) is 0 Å². The highest BCUT2D eigenvalue weighted by molar-refractivity contribution is 6.32. The third-order valence-corrected chi connectivity index (χ3v) is 4.32. The molecule has 0 aliphatic heterocycles. The van der Waals surface area contributed by atoms with Crippen LogP contribution in [0.2, 0.25) is 5.02 Å². The number of nitrogens with one attached hydrogen (secondary N) is 1. The summed E-state index contributed by atoms with van der Waals surface area (Å²) in [5.74, 6) is 0. The molecule has 26 heavy (non-hydrogen) atoms. The minimum atomic E-state index is -0.483. The van der Waals surface area contributed by atoms with Crippen molar-refractivity contribution < 1.29 is 4.42 Å². The Labute approximate surface area is 154 Å². The fraction of sp³-hybridized carbons (Fsp3) is 0.105. The highest BCUT2D eigenvalue weighted by atomic mass is 35.5. The second-order valence-electron chi connectivity index (χ2n) is 5.72. The van der Waals surface area contributed by atoms with Gasteiger partial charge in [0.2, 0.25) is 0 Å². The van der Waals surface area contributed by atoms with Crippen molar-refractivity contribution in [1.29, 1.82) is 0 Å². The first-order valence-electron chi connectivity index (χ1n) is 8.14. The normalized spacial score (nSPS) is 11.0.